The normalized spacial score (nSPS) is 17.2. The molecule has 0 spiro atoms. The molecule has 2 heterocycles. The SMILES string of the molecule is Cc1cc(C(=O)NC(Cc2ccc(F)cc2)C(=O)NC(CC(C)C)C(=O)NC(CC2CCCNC2=O)C(=O)O)no1. The van der Waals surface area contributed by atoms with Crippen molar-refractivity contribution in [3.63, 3.8) is 0 Å². The molecule has 12 nitrogen and oxygen atoms in total. The number of carboxylic acid groups (broad SMARTS) is 1. The highest BCUT2D eigenvalue weighted by Crippen LogP contribution is 2.18. The molecule has 1 saturated heterocycles. The summed E-state index contributed by atoms with van der Waals surface area (Å²) in [6.45, 7) is 5.79. The van der Waals surface area contributed by atoms with Crippen LogP contribution in [0.25, 0.3) is 0 Å². The van der Waals surface area contributed by atoms with Gasteiger partial charge in [0.05, 0.1) is 0 Å². The van der Waals surface area contributed by atoms with Gasteiger partial charge in [-0.3, -0.25) is 19.2 Å². The summed E-state index contributed by atoms with van der Waals surface area (Å²) < 4.78 is 18.4. The van der Waals surface area contributed by atoms with E-state index in [1.807, 2.05) is 13.8 Å². The Labute approximate surface area is 236 Å². The molecule has 1 fully saturated rings. The van der Waals surface area contributed by atoms with E-state index >= 15 is 0 Å². The molecule has 0 aliphatic carbocycles. The van der Waals surface area contributed by atoms with Crippen molar-refractivity contribution in [1.29, 1.82) is 0 Å². The molecule has 4 amide bonds. The number of hydrogen-bond donors (Lipinski definition) is 5. The second-order valence-corrected chi connectivity index (χ2v) is 10.6. The first-order valence-corrected chi connectivity index (χ1v) is 13.5. The standard InChI is InChI=1S/C28H36FN5O7/c1-15(2)11-20(25(36)33-23(28(39)40)14-18-5-4-10-30-24(18)35)31-26(37)21(13-17-6-8-19(29)9-7-17)32-27(38)22-12-16(3)41-34-22/h6-9,12,15,18,20-21,23H,4-5,10-11,13-14H2,1-3H3,(H,30,35)(H,31,37)(H,32,38)(H,33,36)(H,39,40). The molecule has 222 valence electrons. The fraction of sp³-hybridized carbons (Fsp3) is 0.500. The summed E-state index contributed by atoms with van der Waals surface area (Å²) in [5.74, 6) is -4.38. The Hall–Kier alpha value is -4.29. The lowest BCUT2D eigenvalue weighted by Gasteiger charge is -2.27. The third-order valence-corrected chi connectivity index (χ3v) is 6.71. The van der Waals surface area contributed by atoms with Crippen LogP contribution in [0.15, 0.2) is 34.9 Å². The largest absolute Gasteiger partial charge is 0.480 e. The zero-order valence-electron chi connectivity index (χ0n) is 23.2. The zero-order valence-corrected chi connectivity index (χ0v) is 23.2. The molecule has 5 N–H and O–H groups in total. The molecule has 0 saturated carbocycles. The number of carbonyl (C=O) groups excluding carboxylic acids is 4. The predicted octanol–water partition coefficient (Wildman–Crippen LogP) is 1.48. The van der Waals surface area contributed by atoms with Crippen molar-refractivity contribution in [3.8, 4) is 0 Å². The van der Waals surface area contributed by atoms with E-state index in [9.17, 15) is 33.5 Å². The number of amides is 4. The van der Waals surface area contributed by atoms with Gasteiger partial charge >= 0.3 is 5.97 Å². The summed E-state index contributed by atoms with van der Waals surface area (Å²) in [4.78, 5) is 63.7. The van der Waals surface area contributed by atoms with Crippen molar-refractivity contribution >= 4 is 29.6 Å². The first-order valence-electron chi connectivity index (χ1n) is 13.5. The molecule has 41 heavy (non-hydrogen) atoms. The molecule has 3 rings (SSSR count). The van der Waals surface area contributed by atoms with E-state index in [-0.39, 0.29) is 36.8 Å². The fourth-order valence-electron chi connectivity index (χ4n) is 4.58. The monoisotopic (exact) mass is 573 g/mol. The van der Waals surface area contributed by atoms with Crippen LogP contribution in [0.3, 0.4) is 0 Å². The van der Waals surface area contributed by atoms with Gasteiger partial charge in [-0.15, -0.1) is 0 Å². The summed E-state index contributed by atoms with van der Waals surface area (Å²) in [6, 6.07) is 3.13. The Kier molecular flexibility index (Phi) is 11.0. The van der Waals surface area contributed by atoms with Gasteiger partial charge < -0.3 is 30.9 Å². The number of benzene rings is 1. The van der Waals surface area contributed by atoms with E-state index < -0.39 is 53.6 Å². The molecule has 1 aromatic carbocycles. The zero-order chi connectivity index (χ0) is 30.1. The van der Waals surface area contributed by atoms with Crippen LogP contribution in [0.5, 0.6) is 0 Å². The molecule has 0 radical (unpaired) electrons. The molecule has 13 heteroatoms. The van der Waals surface area contributed by atoms with Gasteiger partial charge in [-0.1, -0.05) is 31.1 Å². The lowest BCUT2D eigenvalue weighted by molar-refractivity contribution is -0.143. The number of aryl methyl sites for hydroxylation is 1. The van der Waals surface area contributed by atoms with Crippen molar-refractivity contribution in [2.75, 3.05) is 6.54 Å². The van der Waals surface area contributed by atoms with E-state index in [0.717, 1.165) is 0 Å². The van der Waals surface area contributed by atoms with Crippen molar-refractivity contribution in [2.24, 2.45) is 11.8 Å². The van der Waals surface area contributed by atoms with Crippen molar-refractivity contribution in [2.45, 2.75) is 71.0 Å². The third kappa shape index (κ3) is 9.40. The van der Waals surface area contributed by atoms with Gasteiger partial charge in [-0.05, 0) is 56.2 Å². The second kappa shape index (κ2) is 14.4. The number of aromatic nitrogens is 1. The molecule has 1 aliphatic heterocycles. The quantitative estimate of drug-likeness (QED) is 0.239. The third-order valence-electron chi connectivity index (χ3n) is 6.71. The highest BCUT2D eigenvalue weighted by molar-refractivity contribution is 5.97. The first kappa shape index (κ1) is 31.2. The first-order chi connectivity index (χ1) is 19.4. The molecular formula is C28H36FN5O7. The lowest BCUT2D eigenvalue weighted by Crippen LogP contribution is -2.57. The number of aliphatic carboxylic acids is 1. The Morgan fingerprint density at radius 1 is 1.07 bits per heavy atom. The highest BCUT2D eigenvalue weighted by atomic mass is 19.1. The predicted molar refractivity (Wildman–Crippen MR) is 144 cm³/mol. The Morgan fingerprint density at radius 2 is 1.73 bits per heavy atom. The van der Waals surface area contributed by atoms with E-state index in [0.29, 0.717) is 30.7 Å². The minimum absolute atomic E-state index is 0.0285. The Bertz CT molecular complexity index is 1250. The fourth-order valence-corrected chi connectivity index (χ4v) is 4.58. The average Bonchev–Trinajstić information content (AvgIpc) is 3.35. The van der Waals surface area contributed by atoms with Crippen LogP contribution in [0.4, 0.5) is 4.39 Å². The minimum atomic E-state index is -1.34. The van der Waals surface area contributed by atoms with E-state index in [1.54, 1.807) is 6.92 Å². The van der Waals surface area contributed by atoms with Crippen LogP contribution in [-0.2, 0) is 25.6 Å². The van der Waals surface area contributed by atoms with Crippen molar-refractivity contribution in [3.05, 3.63) is 53.2 Å². The van der Waals surface area contributed by atoms with Gasteiger partial charge in [-0.25, -0.2) is 9.18 Å². The number of nitrogens with zero attached hydrogens (tertiary/aromatic N) is 1. The van der Waals surface area contributed by atoms with Crippen LogP contribution < -0.4 is 21.3 Å². The van der Waals surface area contributed by atoms with Gasteiger partial charge in [0.25, 0.3) is 5.91 Å². The van der Waals surface area contributed by atoms with E-state index in [2.05, 4.69) is 26.4 Å². The number of halogens is 1. The maximum absolute atomic E-state index is 13.5. The van der Waals surface area contributed by atoms with Crippen LogP contribution in [0.2, 0.25) is 0 Å². The summed E-state index contributed by atoms with van der Waals surface area (Å²) in [6.07, 6.45) is 1.27. The molecule has 4 unspecified atom stereocenters. The molecular weight excluding hydrogens is 537 g/mol. The summed E-state index contributed by atoms with van der Waals surface area (Å²) in [5.41, 5.74) is 0.497. The second-order valence-electron chi connectivity index (χ2n) is 10.6. The van der Waals surface area contributed by atoms with E-state index in [1.165, 1.54) is 30.3 Å². The molecule has 0 bridgehead atoms. The van der Waals surface area contributed by atoms with Crippen molar-refractivity contribution < 1.29 is 38.0 Å². The lowest BCUT2D eigenvalue weighted by atomic mass is 9.91. The van der Waals surface area contributed by atoms with Crippen LogP contribution in [-0.4, -0.2) is 64.5 Å². The maximum Gasteiger partial charge on any atom is 0.326 e. The van der Waals surface area contributed by atoms with Crippen LogP contribution in [0.1, 0.15) is 61.3 Å². The smallest absolute Gasteiger partial charge is 0.326 e. The van der Waals surface area contributed by atoms with Crippen LogP contribution >= 0.6 is 0 Å². The maximum atomic E-state index is 13.5. The van der Waals surface area contributed by atoms with Gasteiger partial charge in [-0.2, -0.15) is 0 Å². The van der Waals surface area contributed by atoms with E-state index in [4.69, 9.17) is 4.52 Å². The summed E-state index contributed by atoms with van der Waals surface area (Å²) >= 11 is 0. The Balaban J connectivity index is 1.77. The number of hydrogen-bond acceptors (Lipinski definition) is 7. The van der Waals surface area contributed by atoms with Gasteiger partial charge in [0, 0.05) is 24.9 Å². The van der Waals surface area contributed by atoms with Gasteiger partial charge in [0.2, 0.25) is 17.7 Å². The average molecular weight is 574 g/mol. The van der Waals surface area contributed by atoms with Gasteiger partial charge in [0.15, 0.2) is 5.69 Å². The number of carboxylic acids is 1. The van der Waals surface area contributed by atoms with Crippen LogP contribution in [0, 0.1) is 24.6 Å². The molecule has 1 aromatic heterocycles. The summed E-state index contributed by atoms with van der Waals surface area (Å²) in [5, 5.41) is 23.8. The number of piperidine rings is 1. The van der Waals surface area contributed by atoms with Crippen molar-refractivity contribution in [1.82, 2.24) is 26.4 Å². The summed E-state index contributed by atoms with van der Waals surface area (Å²) in [7, 11) is 0. The topological polar surface area (TPSA) is 180 Å². The minimum Gasteiger partial charge on any atom is -0.480 e. The number of carbonyl (C=O) groups is 5. The number of rotatable bonds is 13. The molecule has 2 aromatic rings. The molecule has 1 aliphatic rings. The molecule has 4 atom stereocenters. The number of nitrogens with one attached hydrogen (secondary N) is 4. The highest BCUT2D eigenvalue weighted by Gasteiger charge is 2.33. The Morgan fingerprint density at radius 3 is 2.32 bits per heavy atom. The van der Waals surface area contributed by atoms with Gasteiger partial charge in [0.1, 0.15) is 29.7 Å².